The summed E-state index contributed by atoms with van der Waals surface area (Å²) in [7, 11) is 0. The molecule has 0 fully saturated rings. The van der Waals surface area contributed by atoms with Crippen LogP contribution in [0.2, 0.25) is 0 Å². The maximum atomic E-state index is 13.1. The molecule has 0 heterocycles. The van der Waals surface area contributed by atoms with Crippen molar-refractivity contribution in [1.29, 1.82) is 0 Å². The van der Waals surface area contributed by atoms with Gasteiger partial charge in [-0.2, -0.15) is 0 Å². The summed E-state index contributed by atoms with van der Waals surface area (Å²) in [5.74, 6) is 1.96. The van der Waals surface area contributed by atoms with Gasteiger partial charge in [-0.25, -0.2) is 4.39 Å². The smallest absolute Gasteiger partial charge is 0.123 e. The first-order valence-electron chi connectivity index (χ1n) is 5.88. The number of rotatable bonds is 1. The maximum Gasteiger partial charge on any atom is 0.123 e. The lowest BCUT2D eigenvalue weighted by molar-refractivity contribution is 0.294. The van der Waals surface area contributed by atoms with Gasteiger partial charge in [0, 0.05) is 0 Å². The van der Waals surface area contributed by atoms with Gasteiger partial charge in [-0.3, -0.25) is 0 Å². The molecule has 0 radical (unpaired) electrons. The Morgan fingerprint density at radius 3 is 2.73 bits per heavy atom. The molecule has 82 valence electrons. The molecule has 2 unspecified atom stereocenters. The lowest BCUT2D eigenvalue weighted by Gasteiger charge is -2.34. The van der Waals surface area contributed by atoms with E-state index in [0.717, 1.165) is 18.3 Å². The van der Waals surface area contributed by atoms with E-state index in [1.807, 2.05) is 6.07 Å². The van der Waals surface area contributed by atoms with E-state index in [-0.39, 0.29) is 5.82 Å². The van der Waals surface area contributed by atoms with Crippen molar-refractivity contribution in [3.8, 4) is 0 Å². The number of halogens is 1. The molecule has 0 nitrogen and oxygen atoms in total. The summed E-state index contributed by atoms with van der Waals surface area (Å²) in [6.45, 7) is 6.85. The lowest BCUT2D eigenvalue weighted by Crippen LogP contribution is -2.23. The summed E-state index contributed by atoms with van der Waals surface area (Å²) in [5, 5.41) is 0. The Morgan fingerprint density at radius 2 is 2.07 bits per heavy atom. The zero-order valence-electron chi connectivity index (χ0n) is 9.76. The molecular formula is C14H19F. The van der Waals surface area contributed by atoms with E-state index in [0.29, 0.717) is 5.92 Å². The Kier molecular flexibility index (Phi) is 2.81. The summed E-state index contributed by atoms with van der Waals surface area (Å²) in [6.07, 6.45) is 2.25. The molecule has 15 heavy (non-hydrogen) atoms. The number of hydrogen-bond donors (Lipinski definition) is 0. The number of hydrogen-bond acceptors (Lipinski definition) is 0. The predicted octanol–water partition coefficient (Wildman–Crippen LogP) is 4.15. The van der Waals surface area contributed by atoms with Gasteiger partial charge in [-0.1, -0.05) is 26.8 Å². The standard InChI is InChI=1S/C14H19F/c1-9(2)13-6-4-11-8-12(15)5-7-14(11)10(13)3/h5,7-10,13H,4,6H2,1-3H3. The van der Waals surface area contributed by atoms with Gasteiger partial charge >= 0.3 is 0 Å². The summed E-state index contributed by atoms with van der Waals surface area (Å²) < 4.78 is 13.1. The van der Waals surface area contributed by atoms with Crippen LogP contribution in [0.3, 0.4) is 0 Å². The van der Waals surface area contributed by atoms with E-state index >= 15 is 0 Å². The fraction of sp³-hybridized carbons (Fsp3) is 0.571. The normalized spacial score (nSPS) is 25.4. The highest BCUT2D eigenvalue weighted by Gasteiger charge is 2.28. The molecule has 2 rings (SSSR count). The first kappa shape index (κ1) is 10.7. The van der Waals surface area contributed by atoms with E-state index in [4.69, 9.17) is 0 Å². The summed E-state index contributed by atoms with van der Waals surface area (Å²) in [5.41, 5.74) is 2.58. The second-order valence-electron chi connectivity index (χ2n) is 5.08. The number of benzene rings is 1. The Hall–Kier alpha value is -0.850. The van der Waals surface area contributed by atoms with Crippen molar-refractivity contribution in [2.24, 2.45) is 11.8 Å². The van der Waals surface area contributed by atoms with Gasteiger partial charge in [0.05, 0.1) is 0 Å². The zero-order valence-corrected chi connectivity index (χ0v) is 9.76. The third-order valence-electron chi connectivity index (χ3n) is 3.84. The fourth-order valence-electron chi connectivity index (χ4n) is 2.95. The summed E-state index contributed by atoms with van der Waals surface area (Å²) in [4.78, 5) is 0. The highest BCUT2D eigenvalue weighted by Crippen LogP contribution is 2.39. The van der Waals surface area contributed by atoms with Crippen LogP contribution in [0, 0.1) is 17.7 Å². The quantitative estimate of drug-likeness (QED) is 0.647. The molecule has 1 heteroatoms. The zero-order chi connectivity index (χ0) is 11.0. The van der Waals surface area contributed by atoms with Crippen molar-refractivity contribution < 1.29 is 4.39 Å². The predicted molar refractivity (Wildman–Crippen MR) is 61.5 cm³/mol. The van der Waals surface area contributed by atoms with E-state index in [1.165, 1.54) is 17.5 Å². The molecule has 1 aliphatic carbocycles. The van der Waals surface area contributed by atoms with Crippen molar-refractivity contribution in [3.05, 3.63) is 35.1 Å². The second kappa shape index (κ2) is 3.96. The van der Waals surface area contributed by atoms with Crippen LogP contribution >= 0.6 is 0 Å². The number of aryl methyl sites for hydroxylation is 1. The van der Waals surface area contributed by atoms with Crippen LogP contribution in [0.1, 0.15) is 44.2 Å². The van der Waals surface area contributed by atoms with Gasteiger partial charge in [-0.05, 0) is 53.9 Å². The van der Waals surface area contributed by atoms with Crippen LogP contribution in [-0.4, -0.2) is 0 Å². The van der Waals surface area contributed by atoms with E-state index < -0.39 is 0 Å². The molecule has 1 aliphatic rings. The molecule has 0 N–H and O–H groups in total. The van der Waals surface area contributed by atoms with Crippen LogP contribution in [0.15, 0.2) is 18.2 Å². The van der Waals surface area contributed by atoms with Gasteiger partial charge < -0.3 is 0 Å². The van der Waals surface area contributed by atoms with E-state index in [9.17, 15) is 4.39 Å². The molecule has 0 saturated carbocycles. The molecule has 1 aromatic carbocycles. The van der Waals surface area contributed by atoms with Crippen LogP contribution in [-0.2, 0) is 6.42 Å². The third kappa shape index (κ3) is 1.92. The Morgan fingerprint density at radius 1 is 1.33 bits per heavy atom. The van der Waals surface area contributed by atoms with Gasteiger partial charge in [0.2, 0.25) is 0 Å². The fourth-order valence-corrected chi connectivity index (χ4v) is 2.95. The van der Waals surface area contributed by atoms with E-state index in [1.54, 1.807) is 12.1 Å². The van der Waals surface area contributed by atoms with Crippen LogP contribution in [0.25, 0.3) is 0 Å². The highest BCUT2D eigenvalue weighted by molar-refractivity contribution is 5.33. The Balaban J connectivity index is 2.34. The van der Waals surface area contributed by atoms with Crippen molar-refractivity contribution in [2.75, 3.05) is 0 Å². The molecule has 0 saturated heterocycles. The summed E-state index contributed by atoms with van der Waals surface area (Å²) in [6, 6.07) is 5.28. The monoisotopic (exact) mass is 206 g/mol. The maximum absolute atomic E-state index is 13.1. The van der Waals surface area contributed by atoms with Crippen molar-refractivity contribution >= 4 is 0 Å². The average molecular weight is 206 g/mol. The minimum absolute atomic E-state index is 0.0936. The van der Waals surface area contributed by atoms with Gasteiger partial charge in [0.1, 0.15) is 5.82 Å². The van der Waals surface area contributed by atoms with Crippen LogP contribution in [0.5, 0.6) is 0 Å². The molecule has 0 spiro atoms. The number of fused-ring (bicyclic) bond motifs is 1. The first-order valence-corrected chi connectivity index (χ1v) is 5.88. The molecule has 0 bridgehead atoms. The molecule has 0 aromatic heterocycles. The molecule has 2 atom stereocenters. The SMILES string of the molecule is CC(C)C1CCc2cc(F)ccc2C1C. The first-order chi connectivity index (χ1) is 7.09. The topological polar surface area (TPSA) is 0 Å². The van der Waals surface area contributed by atoms with Crippen molar-refractivity contribution in [3.63, 3.8) is 0 Å². The van der Waals surface area contributed by atoms with Gasteiger partial charge in [-0.15, -0.1) is 0 Å². The largest absolute Gasteiger partial charge is 0.207 e. The average Bonchev–Trinajstić information content (AvgIpc) is 2.17. The minimum Gasteiger partial charge on any atom is -0.207 e. The van der Waals surface area contributed by atoms with Gasteiger partial charge in [0.25, 0.3) is 0 Å². The van der Waals surface area contributed by atoms with Gasteiger partial charge in [0.15, 0.2) is 0 Å². The molecular weight excluding hydrogens is 187 g/mol. The van der Waals surface area contributed by atoms with Crippen LogP contribution in [0.4, 0.5) is 4.39 Å². The third-order valence-corrected chi connectivity index (χ3v) is 3.84. The molecule has 1 aromatic rings. The van der Waals surface area contributed by atoms with E-state index in [2.05, 4.69) is 20.8 Å². The van der Waals surface area contributed by atoms with Crippen molar-refractivity contribution in [2.45, 2.75) is 39.5 Å². The second-order valence-corrected chi connectivity index (χ2v) is 5.08. The van der Waals surface area contributed by atoms with Crippen LogP contribution < -0.4 is 0 Å². The Labute approximate surface area is 91.5 Å². The highest BCUT2D eigenvalue weighted by atomic mass is 19.1. The summed E-state index contributed by atoms with van der Waals surface area (Å²) >= 11 is 0. The van der Waals surface area contributed by atoms with Crippen molar-refractivity contribution in [1.82, 2.24) is 0 Å². The molecule has 0 aliphatic heterocycles. The Bertz CT molecular complexity index is 354. The lowest BCUT2D eigenvalue weighted by atomic mass is 9.71. The molecule has 0 amide bonds. The minimum atomic E-state index is -0.0936.